The van der Waals surface area contributed by atoms with Crippen LogP contribution in [-0.4, -0.2) is 37.3 Å². The molecular weight excluding hydrogens is 310 g/mol. The van der Waals surface area contributed by atoms with Gasteiger partial charge in [-0.25, -0.2) is 13.4 Å². The fraction of sp³-hybridized carbons (Fsp3) is 0.643. The Labute approximate surface area is 131 Å². The Morgan fingerprint density at radius 3 is 2.67 bits per heavy atom. The van der Waals surface area contributed by atoms with E-state index in [4.69, 9.17) is 11.6 Å². The molecule has 7 heteroatoms. The van der Waals surface area contributed by atoms with Crippen LogP contribution in [0.3, 0.4) is 0 Å². The van der Waals surface area contributed by atoms with Crippen molar-refractivity contribution in [2.75, 3.05) is 25.0 Å². The Kier molecular flexibility index (Phi) is 5.46. The van der Waals surface area contributed by atoms with Gasteiger partial charge in [-0.2, -0.15) is 4.31 Å². The fourth-order valence-electron chi connectivity index (χ4n) is 2.31. The van der Waals surface area contributed by atoms with Gasteiger partial charge in [-0.1, -0.05) is 25.4 Å². The second kappa shape index (κ2) is 6.94. The van der Waals surface area contributed by atoms with Gasteiger partial charge in [0.05, 0.1) is 5.02 Å². The van der Waals surface area contributed by atoms with E-state index in [0.29, 0.717) is 29.8 Å². The third-order valence-electron chi connectivity index (χ3n) is 3.74. The first-order chi connectivity index (χ1) is 9.95. The fourth-order valence-corrected chi connectivity index (χ4v) is 4.05. The van der Waals surface area contributed by atoms with Gasteiger partial charge in [0.25, 0.3) is 0 Å². The summed E-state index contributed by atoms with van der Waals surface area (Å²) in [6, 6.07) is 1.49. The maximum atomic E-state index is 12.6. The van der Waals surface area contributed by atoms with Crippen LogP contribution in [0.5, 0.6) is 0 Å². The number of halogens is 1. The monoisotopic (exact) mass is 331 g/mol. The second-order valence-electron chi connectivity index (χ2n) is 5.51. The quantitative estimate of drug-likeness (QED) is 0.901. The van der Waals surface area contributed by atoms with Crippen molar-refractivity contribution in [2.45, 2.75) is 38.0 Å². The van der Waals surface area contributed by atoms with Crippen molar-refractivity contribution < 1.29 is 8.42 Å². The van der Waals surface area contributed by atoms with Gasteiger partial charge in [0.1, 0.15) is 10.7 Å². The average Bonchev–Trinajstić information content (AvgIpc) is 2.46. The third kappa shape index (κ3) is 3.87. The van der Waals surface area contributed by atoms with Gasteiger partial charge in [-0.15, -0.1) is 0 Å². The number of nitrogens with one attached hydrogen (secondary N) is 1. The third-order valence-corrected chi connectivity index (χ3v) is 5.89. The molecule has 1 saturated heterocycles. The predicted octanol–water partition coefficient (Wildman–Crippen LogP) is 2.98. The van der Waals surface area contributed by atoms with E-state index in [-0.39, 0.29) is 4.90 Å². The highest BCUT2D eigenvalue weighted by atomic mass is 35.5. The van der Waals surface area contributed by atoms with Crippen molar-refractivity contribution in [1.29, 1.82) is 0 Å². The average molecular weight is 332 g/mol. The molecule has 0 amide bonds. The predicted molar refractivity (Wildman–Crippen MR) is 85.2 cm³/mol. The number of piperidine rings is 1. The summed E-state index contributed by atoms with van der Waals surface area (Å²) in [5, 5.41) is 3.42. The van der Waals surface area contributed by atoms with Gasteiger partial charge in [0.15, 0.2) is 0 Å². The van der Waals surface area contributed by atoms with E-state index < -0.39 is 10.0 Å². The number of rotatable bonds is 5. The van der Waals surface area contributed by atoms with Gasteiger partial charge in [-0.05, 0) is 31.2 Å². The normalized spacial score (nSPS) is 17.9. The minimum Gasteiger partial charge on any atom is -0.369 e. The summed E-state index contributed by atoms with van der Waals surface area (Å²) in [4.78, 5) is 4.31. The van der Waals surface area contributed by atoms with Crippen LogP contribution in [0.15, 0.2) is 17.2 Å². The summed E-state index contributed by atoms with van der Waals surface area (Å²) in [6.45, 7) is 6.07. The summed E-state index contributed by atoms with van der Waals surface area (Å²) in [6.07, 6.45) is 4.13. The standard InChI is InChI=1S/C14H22ClN3O2S/c1-3-6-16-14-13(15)9-12(10-17-14)21(19,20)18-7-4-11(2)5-8-18/h9-11H,3-8H2,1-2H3,(H,16,17). The Bertz CT molecular complexity index is 584. The van der Waals surface area contributed by atoms with E-state index in [2.05, 4.69) is 17.2 Å². The molecule has 1 fully saturated rings. The number of hydrogen-bond donors (Lipinski definition) is 1. The summed E-state index contributed by atoms with van der Waals surface area (Å²) in [7, 11) is -3.49. The van der Waals surface area contributed by atoms with E-state index in [1.807, 2.05) is 6.92 Å². The summed E-state index contributed by atoms with van der Waals surface area (Å²) < 4.78 is 26.7. The molecule has 0 unspecified atom stereocenters. The van der Waals surface area contributed by atoms with Crippen molar-refractivity contribution in [3.05, 3.63) is 17.3 Å². The van der Waals surface area contributed by atoms with Crippen molar-refractivity contribution in [2.24, 2.45) is 5.92 Å². The molecule has 1 aromatic rings. The molecule has 0 aromatic carbocycles. The van der Waals surface area contributed by atoms with E-state index in [9.17, 15) is 8.42 Å². The molecule has 118 valence electrons. The zero-order valence-electron chi connectivity index (χ0n) is 12.5. The summed E-state index contributed by atoms with van der Waals surface area (Å²) >= 11 is 6.13. The lowest BCUT2D eigenvalue weighted by molar-refractivity contribution is 0.288. The molecular formula is C14H22ClN3O2S. The van der Waals surface area contributed by atoms with Gasteiger partial charge >= 0.3 is 0 Å². The van der Waals surface area contributed by atoms with Gasteiger partial charge in [-0.3, -0.25) is 0 Å². The lowest BCUT2D eigenvalue weighted by Gasteiger charge is -2.29. The maximum Gasteiger partial charge on any atom is 0.244 e. The molecule has 1 aliphatic rings. The number of nitrogens with zero attached hydrogens (tertiary/aromatic N) is 2. The Hall–Kier alpha value is -0.850. The number of hydrogen-bond acceptors (Lipinski definition) is 4. The van der Waals surface area contributed by atoms with Gasteiger partial charge in [0.2, 0.25) is 10.0 Å². The Morgan fingerprint density at radius 2 is 2.10 bits per heavy atom. The van der Waals surface area contributed by atoms with Crippen molar-refractivity contribution in [3.8, 4) is 0 Å². The Morgan fingerprint density at radius 1 is 1.43 bits per heavy atom. The molecule has 0 bridgehead atoms. The summed E-state index contributed by atoms with van der Waals surface area (Å²) in [5.41, 5.74) is 0. The molecule has 21 heavy (non-hydrogen) atoms. The summed E-state index contributed by atoms with van der Waals surface area (Å²) in [5.74, 6) is 1.11. The molecule has 5 nitrogen and oxygen atoms in total. The van der Waals surface area contributed by atoms with Crippen molar-refractivity contribution in [3.63, 3.8) is 0 Å². The lowest BCUT2D eigenvalue weighted by atomic mass is 10.0. The van der Waals surface area contributed by atoms with E-state index >= 15 is 0 Å². The number of sulfonamides is 1. The maximum absolute atomic E-state index is 12.6. The molecule has 0 saturated carbocycles. The van der Waals surface area contributed by atoms with Crippen LogP contribution < -0.4 is 5.32 Å². The van der Waals surface area contributed by atoms with Crippen LogP contribution in [0.25, 0.3) is 0 Å². The largest absolute Gasteiger partial charge is 0.369 e. The molecule has 1 aliphatic heterocycles. The van der Waals surface area contributed by atoms with Crippen LogP contribution in [-0.2, 0) is 10.0 Å². The molecule has 0 spiro atoms. The number of aromatic nitrogens is 1. The smallest absolute Gasteiger partial charge is 0.244 e. The SMILES string of the molecule is CCCNc1ncc(S(=O)(=O)N2CCC(C)CC2)cc1Cl. The highest BCUT2D eigenvalue weighted by Gasteiger charge is 2.28. The number of pyridine rings is 1. The zero-order valence-corrected chi connectivity index (χ0v) is 14.0. The molecule has 1 aromatic heterocycles. The first-order valence-electron chi connectivity index (χ1n) is 7.34. The van der Waals surface area contributed by atoms with E-state index in [0.717, 1.165) is 25.8 Å². The molecule has 2 heterocycles. The Balaban J connectivity index is 2.18. The van der Waals surface area contributed by atoms with Crippen molar-refractivity contribution >= 4 is 27.4 Å². The number of anilines is 1. The van der Waals surface area contributed by atoms with Crippen LogP contribution in [0, 0.1) is 5.92 Å². The lowest BCUT2D eigenvalue weighted by Crippen LogP contribution is -2.37. The van der Waals surface area contributed by atoms with Crippen LogP contribution in [0.2, 0.25) is 5.02 Å². The molecule has 2 rings (SSSR count). The topological polar surface area (TPSA) is 62.3 Å². The molecule has 0 atom stereocenters. The minimum atomic E-state index is -3.49. The van der Waals surface area contributed by atoms with Crippen molar-refractivity contribution in [1.82, 2.24) is 9.29 Å². The van der Waals surface area contributed by atoms with Crippen LogP contribution in [0.1, 0.15) is 33.1 Å². The van der Waals surface area contributed by atoms with Gasteiger partial charge in [0, 0.05) is 25.8 Å². The highest BCUT2D eigenvalue weighted by Crippen LogP contribution is 2.27. The van der Waals surface area contributed by atoms with Crippen LogP contribution >= 0.6 is 11.6 Å². The highest BCUT2D eigenvalue weighted by molar-refractivity contribution is 7.89. The van der Waals surface area contributed by atoms with Gasteiger partial charge < -0.3 is 5.32 Å². The first-order valence-corrected chi connectivity index (χ1v) is 9.16. The van der Waals surface area contributed by atoms with Crippen LogP contribution in [0.4, 0.5) is 5.82 Å². The molecule has 0 radical (unpaired) electrons. The molecule has 1 N–H and O–H groups in total. The van der Waals surface area contributed by atoms with E-state index in [1.54, 1.807) is 0 Å². The van der Waals surface area contributed by atoms with E-state index in [1.165, 1.54) is 16.6 Å². The minimum absolute atomic E-state index is 0.170. The second-order valence-corrected chi connectivity index (χ2v) is 7.86. The molecule has 0 aliphatic carbocycles. The first kappa shape index (κ1) is 16.5. The zero-order chi connectivity index (χ0) is 15.5.